The van der Waals surface area contributed by atoms with Gasteiger partial charge in [-0.3, -0.25) is 9.78 Å². The zero-order chi connectivity index (χ0) is 14.0. The van der Waals surface area contributed by atoms with Crippen LogP contribution in [0.2, 0.25) is 0 Å². The molecule has 0 saturated heterocycles. The summed E-state index contributed by atoms with van der Waals surface area (Å²) in [7, 11) is 0. The van der Waals surface area contributed by atoms with Crippen molar-refractivity contribution in [2.75, 3.05) is 5.32 Å². The molecule has 1 N–H and O–H groups in total. The first-order valence-electron chi connectivity index (χ1n) is 5.71. The van der Waals surface area contributed by atoms with E-state index < -0.39 is 11.7 Å². The first kappa shape index (κ1) is 13.5. The second-order valence-corrected chi connectivity index (χ2v) is 4.72. The van der Waals surface area contributed by atoms with Gasteiger partial charge in [0.15, 0.2) is 0 Å². The number of carbonyl (C=O) groups excluding carboxylic acids is 1. The molecule has 98 valence electrons. The average molecular weight is 276 g/mol. The normalized spacial score (nSPS) is 10.3. The monoisotopic (exact) mass is 276 g/mol. The van der Waals surface area contributed by atoms with Gasteiger partial charge in [-0.1, -0.05) is 0 Å². The van der Waals surface area contributed by atoms with Crippen LogP contribution >= 0.6 is 12.6 Å². The highest BCUT2D eigenvalue weighted by Crippen LogP contribution is 2.17. The molecule has 0 aliphatic heterocycles. The molecule has 0 saturated carbocycles. The molecule has 0 aliphatic rings. The third-order valence-electron chi connectivity index (χ3n) is 2.67. The van der Waals surface area contributed by atoms with Crippen LogP contribution < -0.4 is 5.32 Å². The lowest BCUT2D eigenvalue weighted by Crippen LogP contribution is -2.15. The lowest BCUT2D eigenvalue weighted by atomic mass is 10.2. The molecule has 5 heteroatoms. The van der Waals surface area contributed by atoms with E-state index >= 15 is 0 Å². The van der Waals surface area contributed by atoms with Crippen molar-refractivity contribution >= 4 is 24.2 Å². The van der Waals surface area contributed by atoms with Crippen molar-refractivity contribution in [2.24, 2.45) is 0 Å². The average Bonchev–Trinajstić information content (AvgIpc) is 2.35. The van der Waals surface area contributed by atoms with Crippen molar-refractivity contribution < 1.29 is 9.18 Å². The van der Waals surface area contributed by atoms with Gasteiger partial charge in [-0.25, -0.2) is 4.39 Å². The van der Waals surface area contributed by atoms with Gasteiger partial charge >= 0.3 is 0 Å². The molecule has 0 spiro atoms. The number of thiol groups is 1. The van der Waals surface area contributed by atoms with Crippen molar-refractivity contribution in [3.8, 4) is 0 Å². The number of rotatable bonds is 2. The molecule has 1 amide bonds. The van der Waals surface area contributed by atoms with Gasteiger partial charge in [-0.2, -0.15) is 0 Å². The van der Waals surface area contributed by atoms with E-state index in [9.17, 15) is 9.18 Å². The lowest BCUT2D eigenvalue weighted by molar-refractivity contribution is 0.102. The number of hydrogen-bond donors (Lipinski definition) is 2. The number of carbonyl (C=O) groups is 1. The molecular weight excluding hydrogens is 263 g/mol. The van der Waals surface area contributed by atoms with Crippen molar-refractivity contribution in [2.45, 2.75) is 18.7 Å². The van der Waals surface area contributed by atoms with E-state index in [1.807, 2.05) is 6.92 Å². The highest BCUT2D eigenvalue weighted by Gasteiger charge is 2.13. The molecule has 19 heavy (non-hydrogen) atoms. The summed E-state index contributed by atoms with van der Waals surface area (Å²) in [5.41, 5.74) is 2.09. The fourth-order valence-corrected chi connectivity index (χ4v) is 1.90. The minimum atomic E-state index is -0.576. The Bertz CT molecular complexity index is 643. The summed E-state index contributed by atoms with van der Waals surface area (Å²) >= 11 is 4.10. The van der Waals surface area contributed by atoms with Crippen LogP contribution in [0.25, 0.3) is 0 Å². The predicted octanol–water partition coefficient (Wildman–Crippen LogP) is 3.38. The summed E-state index contributed by atoms with van der Waals surface area (Å²) in [5, 5.41) is 2.65. The molecule has 0 bridgehead atoms. The van der Waals surface area contributed by atoms with Crippen LogP contribution in [-0.4, -0.2) is 10.9 Å². The Hall–Kier alpha value is -1.88. The molecule has 1 heterocycles. The number of hydrogen-bond acceptors (Lipinski definition) is 3. The number of amides is 1. The number of halogens is 1. The number of aromatic nitrogens is 1. The van der Waals surface area contributed by atoms with Crippen LogP contribution in [0.15, 0.2) is 35.2 Å². The summed E-state index contributed by atoms with van der Waals surface area (Å²) in [5.74, 6) is -1.09. The van der Waals surface area contributed by atoms with Crippen LogP contribution in [0, 0.1) is 19.7 Å². The maximum Gasteiger partial charge on any atom is 0.258 e. The van der Waals surface area contributed by atoms with Gasteiger partial charge in [0, 0.05) is 10.6 Å². The van der Waals surface area contributed by atoms with Gasteiger partial charge in [0.05, 0.1) is 16.9 Å². The number of pyridine rings is 1. The van der Waals surface area contributed by atoms with Crippen LogP contribution in [0.3, 0.4) is 0 Å². The molecule has 3 nitrogen and oxygen atoms in total. The molecule has 0 radical (unpaired) electrons. The van der Waals surface area contributed by atoms with E-state index in [0.717, 1.165) is 5.69 Å². The van der Waals surface area contributed by atoms with Crippen LogP contribution in [0.4, 0.5) is 10.1 Å². The number of aryl methyl sites for hydroxylation is 2. The summed E-state index contributed by atoms with van der Waals surface area (Å²) in [6.07, 6.45) is 0. The van der Waals surface area contributed by atoms with Crippen molar-refractivity contribution in [3.05, 3.63) is 53.1 Å². The Labute approximate surface area is 116 Å². The molecule has 1 aromatic heterocycles. The van der Waals surface area contributed by atoms with Gasteiger partial charge in [-0.15, -0.1) is 12.6 Å². The van der Waals surface area contributed by atoms with Gasteiger partial charge in [0.25, 0.3) is 5.91 Å². The zero-order valence-corrected chi connectivity index (χ0v) is 11.5. The molecule has 0 atom stereocenters. The molecule has 0 aliphatic carbocycles. The number of nitrogens with one attached hydrogen (secondary N) is 1. The van der Waals surface area contributed by atoms with Crippen molar-refractivity contribution in [1.29, 1.82) is 0 Å². The molecule has 2 aromatic rings. The Morgan fingerprint density at radius 1 is 1.26 bits per heavy atom. The molecule has 0 unspecified atom stereocenters. The highest BCUT2D eigenvalue weighted by molar-refractivity contribution is 7.80. The minimum Gasteiger partial charge on any atom is -0.320 e. The topological polar surface area (TPSA) is 42.0 Å². The quantitative estimate of drug-likeness (QED) is 0.826. The second kappa shape index (κ2) is 5.40. The predicted molar refractivity (Wildman–Crippen MR) is 75.3 cm³/mol. The number of anilines is 1. The summed E-state index contributed by atoms with van der Waals surface area (Å²) in [6, 6.07) is 7.64. The lowest BCUT2D eigenvalue weighted by Gasteiger charge is -2.09. The van der Waals surface area contributed by atoms with Crippen LogP contribution in [-0.2, 0) is 0 Å². The van der Waals surface area contributed by atoms with E-state index in [1.165, 1.54) is 18.2 Å². The van der Waals surface area contributed by atoms with E-state index in [4.69, 9.17) is 0 Å². The Morgan fingerprint density at radius 3 is 2.68 bits per heavy atom. The fraction of sp³-hybridized carbons (Fsp3) is 0.143. The standard InChI is InChI=1S/C14H13FN2OS/c1-8-3-6-13(9(2)16-8)17-14(18)11-7-10(19)4-5-12(11)15/h3-7,19H,1-2H3,(H,17,18). The van der Waals surface area contributed by atoms with E-state index in [1.54, 1.807) is 19.1 Å². The minimum absolute atomic E-state index is 0.0347. The van der Waals surface area contributed by atoms with Crippen LogP contribution in [0.1, 0.15) is 21.7 Å². The van der Waals surface area contributed by atoms with Crippen molar-refractivity contribution in [1.82, 2.24) is 4.98 Å². The van der Waals surface area contributed by atoms with Gasteiger partial charge < -0.3 is 5.32 Å². The van der Waals surface area contributed by atoms with E-state index in [0.29, 0.717) is 16.3 Å². The smallest absolute Gasteiger partial charge is 0.258 e. The largest absolute Gasteiger partial charge is 0.320 e. The maximum atomic E-state index is 13.6. The molecule has 2 rings (SSSR count). The maximum absolute atomic E-state index is 13.6. The number of benzene rings is 1. The van der Waals surface area contributed by atoms with E-state index in [2.05, 4.69) is 22.9 Å². The Balaban J connectivity index is 2.28. The van der Waals surface area contributed by atoms with Crippen molar-refractivity contribution in [3.63, 3.8) is 0 Å². The highest BCUT2D eigenvalue weighted by atomic mass is 32.1. The first-order valence-corrected chi connectivity index (χ1v) is 6.16. The fourth-order valence-electron chi connectivity index (χ4n) is 1.70. The van der Waals surface area contributed by atoms with Crippen LogP contribution in [0.5, 0.6) is 0 Å². The van der Waals surface area contributed by atoms with Gasteiger partial charge in [-0.05, 0) is 44.2 Å². The summed E-state index contributed by atoms with van der Waals surface area (Å²) in [6.45, 7) is 3.65. The Kier molecular flexibility index (Phi) is 3.85. The summed E-state index contributed by atoms with van der Waals surface area (Å²) in [4.78, 5) is 16.8. The zero-order valence-electron chi connectivity index (χ0n) is 10.6. The van der Waals surface area contributed by atoms with E-state index in [-0.39, 0.29) is 5.56 Å². The number of nitrogens with zero attached hydrogens (tertiary/aromatic N) is 1. The van der Waals surface area contributed by atoms with Gasteiger partial charge in [0.1, 0.15) is 5.82 Å². The molecule has 1 aromatic carbocycles. The first-order chi connectivity index (χ1) is 8.97. The third-order valence-corrected chi connectivity index (χ3v) is 2.95. The molecular formula is C14H13FN2OS. The molecule has 0 fully saturated rings. The van der Waals surface area contributed by atoms with Gasteiger partial charge in [0.2, 0.25) is 0 Å². The SMILES string of the molecule is Cc1ccc(NC(=O)c2cc(S)ccc2F)c(C)n1. The Morgan fingerprint density at radius 2 is 2.00 bits per heavy atom. The second-order valence-electron chi connectivity index (χ2n) is 4.20. The third kappa shape index (κ3) is 3.12. The summed E-state index contributed by atoms with van der Waals surface area (Å²) < 4.78 is 13.6.